The van der Waals surface area contributed by atoms with E-state index in [1.54, 1.807) is 0 Å². The zero-order chi connectivity index (χ0) is 29.8. The summed E-state index contributed by atoms with van der Waals surface area (Å²) >= 11 is 0. The van der Waals surface area contributed by atoms with Crippen LogP contribution in [0.15, 0.2) is 0 Å². The van der Waals surface area contributed by atoms with E-state index in [9.17, 15) is 14.7 Å². The minimum atomic E-state index is -0.120. The average Bonchev–Trinajstić information content (AvgIpc) is 2.94. The minimum Gasteiger partial charge on any atom is -0.465 e. The highest BCUT2D eigenvalue weighted by atomic mass is 16.5. The Morgan fingerprint density at radius 2 is 1.12 bits per heavy atom. The molecule has 6 nitrogen and oxygen atoms in total. The maximum Gasteiger partial charge on any atom is 0.305 e. The van der Waals surface area contributed by atoms with Crippen LogP contribution in [0, 0.1) is 5.92 Å². The second-order valence-corrected chi connectivity index (χ2v) is 12.5. The number of rotatable bonds is 30. The molecule has 41 heavy (non-hydrogen) atoms. The van der Waals surface area contributed by atoms with Crippen LogP contribution >= 0.6 is 0 Å². The Hall–Kier alpha value is -1.14. The van der Waals surface area contributed by atoms with Gasteiger partial charge in [0, 0.05) is 31.3 Å². The molecule has 1 aliphatic rings. The molecule has 0 spiro atoms. The number of aliphatic hydroxyl groups excluding tert-OH is 1. The van der Waals surface area contributed by atoms with Gasteiger partial charge >= 0.3 is 11.9 Å². The highest BCUT2D eigenvalue weighted by Crippen LogP contribution is 2.25. The third-order valence-electron chi connectivity index (χ3n) is 8.71. The Morgan fingerprint density at radius 1 is 0.659 bits per heavy atom. The molecule has 0 aromatic carbocycles. The van der Waals surface area contributed by atoms with Gasteiger partial charge in [0.25, 0.3) is 0 Å². The summed E-state index contributed by atoms with van der Waals surface area (Å²) in [5.74, 6) is -0.189. The van der Waals surface area contributed by atoms with Crippen molar-refractivity contribution in [2.75, 3.05) is 32.9 Å². The van der Waals surface area contributed by atoms with E-state index in [-0.39, 0.29) is 24.5 Å². The van der Waals surface area contributed by atoms with Crippen molar-refractivity contribution in [3.63, 3.8) is 0 Å². The van der Waals surface area contributed by atoms with Crippen LogP contribution in [0.1, 0.15) is 168 Å². The molecule has 0 amide bonds. The van der Waals surface area contributed by atoms with Crippen molar-refractivity contribution in [3.8, 4) is 0 Å². The highest BCUT2D eigenvalue weighted by Gasteiger charge is 2.24. The minimum absolute atomic E-state index is 0.0509. The van der Waals surface area contributed by atoms with Gasteiger partial charge in [0.1, 0.15) is 0 Å². The molecule has 1 N–H and O–H groups in total. The highest BCUT2D eigenvalue weighted by molar-refractivity contribution is 5.69. The lowest BCUT2D eigenvalue weighted by atomic mass is 9.91. The lowest BCUT2D eigenvalue weighted by Crippen LogP contribution is -2.42. The number of ether oxygens (including phenoxy) is 2. The molecule has 0 unspecified atom stereocenters. The normalized spacial score (nSPS) is 13.6. The lowest BCUT2D eigenvalue weighted by molar-refractivity contribution is -0.149. The first-order valence-corrected chi connectivity index (χ1v) is 17.8. The summed E-state index contributed by atoms with van der Waals surface area (Å²) in [6, 6.07) is 0.632. The van der Waals surface area contributed by atoms with E-state index in [1.165, 1.54) is 96.3 Å². The molecule has 242 valence electrons. The summed E-state index contributed by atoms with van der Waals surface area (Å²) in [5.41, 5.74) is 0. The summed E-state index contributed by atoms with van der Waals surface area (Å²) < 4.78 is 11.3. The van der Waals surface area contributed by atoms with Gasteiger partial charge in [-0.05, 0) is 45.1 Å². The smallest absolute Gasteiger partial charge is 0.305 e. The average molecular weight is 582 g/mol. The molecular weight excluding hydrogens is 514 g/mol. The molecule has 0 saturated heterocycles. The van der Waals surface area contributed by atoms with Gasteiger partial charge in [0.15, 0.2) is 0 Å². The summed E-state index contributed by atoms with van der Waals surface area (Å²) in [6.45, 7) is 7.11. The summed E-state index contributed by atoms with van der Waals surface area (Å²) in [6.07, 6.45) is 27.0. The van der Waals surface area contributed by atoms with Gasteiger partial charge in [0.2, 0.25) is 0 Å². The van der Waals surface area contributed by atoms with Crippen molar-refractivity contribution in [3.05, 3.63) is 0 Å². The van der Waals surface area contributed by atoms with Crippen molar-refractivity contribution >= 4 is 11.9 Å². The van der Waals surface area contributed by atoms with E-state index in [2.05, 4.69) is 18.7 Å². The van der Waals surface area contributed by atoms with Crippen molar-refractivity contribution in [2.45, 2.75) is 174 Å². The molecule has 1 fully saturated rings. The van der Waals surface area contributed by atoms with Crippen LogP contribution in [0.2, 0.25) is 0 Å². The molecule has 0 aromatic rings. The Bertz CT molecular complexity index is 573. The van der Waals surface area contributed by atoms with Crippen molar-refractivity contribution < 1.29 is 24.2 Å². The quantitative estimate of drug-likeness (QED) is 0.0675. The van der Waals surface area contributed by atoms with E-state index < -0.39 is 0 Å². The number of hydrogen-bond donors (Lipinski definition) is 1. The van der Waals surface area contributed by atoms with Crippen molar-refractivity contribution in [2.24, 2.45) is 5.92 Å². The molecule has 0 aromatic heterocycles. The SMILES string of the molecule is CCCCCCCCCCC(=O)OCC(CCCCN(CCO)C1CCC1)COC(=O)CCCCCCCCCC. The first-order chi connectivity index (χ1) is 20.1. The molecule has 1 rings (SSSR count). The van der Waals surface area contributed by atoms with E-state index in [4.69, 9.17) is 9.47 Å². The maximum atomic E-state index is 12.4. The van der Waals surface area contributed by atoms with Gasteiger partial charge in [0.05, 0.1) is 19.8 Å². The summed E-state index contributed by atoms with van der Waals surface area (Å²) in [4.78, 5) is 27.2. The second kappa shape index (κ2) is 27.7. The molecule has 1 saturated carbocycles. The number of hydrogen-bond acceptors (Lipinski definition) is 6. The molecule has 1 aliphatic carbocycles. The Kier molecular flexibility index (Phi) is 25.6. The summed E-state index contributed by atoms with van der Waals surface area (Å²) in [5, 5.41) is 9.43. The van der Waals surface area contributed by atoms with Crippen molar-refractivity contribution in [1.29, 1.82) is 0 Å². The summed E-state index contributed by atoms with van der Waals surface area (Å²) in [7, 11) is 0. The fourth-order valence-electron chi connectivity index (χ4n) is 5.69. The van der Waals surface area contributed by atoms with Crippen LogP contribution in [0.25, 0.3) is 0 Å². The number of esters is 2. The van der Waals surface area contributed by atoms with Gasteiger partial charge in [-0.25, -0.2) is 0 Å². The van der Waals surface area contributed by atoms with Crippen LogP contribution in [-0.4, -0.2) is 60.9 Å². The standard InChI is InChI=1S/C35H67NO5/c1-3-5-7-9-11-13-15-17-25-34(38)40-30-32(22-19-20-27-36(28-29-37)33-23-21-24-33)31-41-35(39)26-18-16-14-12-10-8-6-4-2/h32-33,37H,3-31H2,1-2H3. The van der Waals surface area contributed by atoms with Crippen LogP contribution in [-0.2, 0) is 19.1 Å². The van der Waals surface area contributed by atoms with Crippen molar-refractivity contribution in [1.82, 2.24) is 4.90 Å². The van der Waals surface area contributed by atoms with E-state index in [0.29, 0.717) is 32.1 Å². The Morgan fingerprint density at radius 3 is 1.54 bits per heavy atom. The van der Waals surface area contributed by atoms with Gasteiger partial charge in [-0.2, -0.15) is 0 Å². The molecule has 0 radical (unpaired) electrons. The predicted octanol–water partition coefficient (Wildman–Crippen LogP) is 8.77. The Balaban J connectivity index is 2.31. The van der Waals surface area contributed by atoms with E-state index in [1.807, 2.05) is 0 Å². The molecule has 0 atom stereocenters. The van der Waals surface area contributed by atoms with Crippen LogP contribution in [0.5, 0.6) is 0 Å². The topological polar surface area (TPSA) is 76.1 Å². The third kappa shape index (κ3) is 22.1. The molecule has 0 aliphatic heterocycles. The first kappa shape index (κ1) is 37.9. The fraction of sp³-hybridized carbons (Fsp3) is 0.943. The second-order valence-electron chi connectivity index (χ2n) is 12.5. The van der Waals surface area contributed by atoms with E-state index in [0.717, 1.165) is 58.0 Å². The number of carbonyl (C=O) groups excluding carboxylic acids is 2. The monoisotopic (exact) mass is 582 g/mol. The fourth-order valence-corrected chi connectivity index (χ4v) is 5.69. The van der Waals surface area contributed by atoms with Crippen LogP contribution in [0.3, 0.4) is 0 Å². The van der Waals surface area contributed by atoms with Crippen LogP contribution in [0.4, 0.5) is 0 Å². The van der Waals surface area contributed by atoms with Gasteiger partial charge in [-0.15, -0.1) is 0 Å². The molecule has 6 heteroatoms. The van der Waals surface area contributed by atoms with Gasteiger partial charge in [-0.3, -0.25) is 14.5 Å². The predicted molar refractivity (Wildman–Crippen MR) is 170 cm³/mol. The van der Waals surface area contributed by atoms with Gasteiger partial charge in [-0.1, -0.05) is 117 Å². The Labute approximate surface area is 253 Å². The first-order valence-electron chi connectivity index (χ1n) is 17.8. The zero-order valence-corrected chi connectivity index (χ0v) is 27.2. The largest absolute Gasteiger partial charge is 0.465 e. The number of unbranched alkanes of at least 4 members (excludes halogenated alkanes) is 15. The lowest BCUT2D eigenvalue weighted by Gasteiger charge is -2.37. The molecule has 0 heterocycles. The van der Waals surface area contributed by atoms with Crippen LogP contribution < -0.4 is 0 Å². The zero-order valence-electron chi connectivity index (χ0n) is 27.2. The number of carbonyl (C=O) groups is 2. The molecule has 0 bridgehead atoms. The number of aliphatic hydroxyl groups is 1. The number of nitrogens with zero attached hydrogens (tertiary/aromatic N) is 1. The molecular formula is C35H67NO5. The maximum absolute atomic E-state index is 12.4. The van der Waals surface area contributed by atoms with E-state index >= 15 is 0 Å². The third-order valence-corrected chi connectivity index (χ3v) is 8.71. The van der Waals surface area contributed by atoms with Gasteiger partial charge < -0.3 is 14.6 Å².